The number of nitrogens with zero attached hydrogens (tertiary/aromatic N) is 2. The smallest absolute Gasteiger partial charge is 0.124 e. The molecule has 0 aliphatic carbocycles. The summed E-state index contributed by atoms with van der Waals surface area (Å²) in [5, 5.41) is 0. The van der Waals surface area contributed by atoms with Gasteiger partial charge < -0.3 is 19.3 Å². The highest BCUT2D eigenvalue weighted by Crippen LogP contribution is 2.41. The molecule has 0 aliphatic rings. The topological polar surface area (TPSA) is 24.9 Å². The van der Waals surface area contributed by atoms with E-state index < -0.39 is 0 Å². The summed E-state index contributed by atoms with van der Waals surface area (Å²) in [6, 6.07) is 13.2. The number of anilines is 2. The molecule has 160 valence electrons. The van der Waals surface area contributed by atoms with Crippen LogP contribution in [0.15, 0.2) is 36.4 Å². The second-order valence-electron chi connectivity index (χ2n) is 7.16. The molecule has 0 N–H and O–H groups in total. The van der Waals surface area contributed by atoms with Crippen molar-refractivity contribution < 1.29 is 9.47 Å². The zero-order valence-electron chi connectivity index (χ0n) is 19.3. The van der Waals surface area contributed by atoms with Gasteiger partial charge in [-0.2, -0.15) is 0 Å². The highest BCUT2D eigenvalue weighted by molar-refractivity contribution is 5.59. The lowest BCUT2D eigenvalue weighted by atomic mass is 9.87. The highest BCUT2D eigenvalue weighted by Gasteiger charge is 2.22. The molecule has 0 heterocycles. The molecule has 29 heavy (non-hydrogen) atoms. The predicted molar refractivity (Wildman–Crippen MR) is 125 cm³/mol. The molecule has 0 spiro atoms. The molecule has 0 unspecified atom stereocenters. The van der Waals surface area contributed by atoms with E-state index in [1.807, 2.05) is 0 Å². The standard InChI is InChI=1S/C25H38N2O2/c1-8-21(22-15-13-19(17-24(22)28-6)26(9-2)10-3)23-16-14-20(18-25(23)29-7)27(11-4)12-5/h13-18,21H,8-12H2,1-7H3. The van der Waals surface area contributed by atoms with Gasteiger partial charge in [-0.3, -0.25) is 0 Å². The van der Waals surface area contributed by atoms with Gasteiger partial charge in [0.2, 0.25) is 0 Å². The second kappa shape index (κ2) is 11.0. The van der Waals surface area contributed by atoms with Crippen LogP contribution in [0.4, 0.5) is 11.4 Å². The lowest BCUT2D eigenvalue weighted by molar-refractivity contribution is 0.399. The maximum Gasteiger partial charge on any atom is 0.124 e. The molecule has 0 saturated heterocycles. The van der Waals surface area contributed by atoms with E-state index in [1.54, 1.807) is 14.2 Å². The van der Waals surface area contributed by atoms with Gasteiger partial charge in [-0.05, 0) is 46.2 Å². The summed E-state index contributed by atoms with van der Waals surface area (Å²) in [5.41, 5.74) is 4.82. The van der Waals surface area contributed by atoms with Gasteiger partial charge in [0.15, 0.2) is 0 Å². The van der Waals surface area contributed by atoms with Crippen molar-refractivity contribution in [3.8, 4) is 11.5 Å². The Morgan fingerprint density at radius 2 is 1.03 bits per heavy atom. The van der Waals surface area contributed by atoms with E-state index in [0.29, 0.717) is 0 Å². The molecule has 0 aliphatic heterocycles. The molecule has 4 nitrogen and oxygen atoms in total. The van der Waals surface area contributed by atoms with Crippen molar-refractivity contribution in [1.29, 1.82) is 0 Å². The summed E-state index contributed by atoms with van der Waals surface area (Å²) in [6.07, 6.45) is 0.974. The molecule has 2 rings (SSSR count). The van der Waals surface area contributed by atoms with E-state index in [1.165, 1.54) is 22.5 Å². The molecule has 0 saturated carbocycles. The number of hydrogen-bond acceptors (Lipinski definition) is 4. The average molecular weight is 399 g/mol. The van der Waals surface area contributed by atoms with Crippen molar-refractivity contribution in [2.75, 3.05) is 50.2 Å². The second-order valence-corrected chi connectivity index (χ2v) is 7.16. The number of hydrogen-bond donors (Lipinski definition) is 0. The fourth-order valence-electron chi connectivity index (χ4n) is 4.15. The van der Waals surface area contributed by atoms with Crippen LogP contribution in [0.5, 0.6) is 11.5 Å². The summed E-state index contributed by atoms with van der Waals surface area (Å²) < 4.78 is 11.6. The maximum absolute atomic E-state index is 5.82. The third-order valence-corrected chi connectivity index (χ3v) is 5.85. The molecule has 0 amide bonds. The quantitative estimate of drug-likeness (QED) is 0.468. The highest BCUT2D eigenvalue weighted by atomic mass is 16.5. The van der Waals surface area contributed by atoms with E-state index in [4.69, 9.17) is 9.47 Å². The van der Waals surface area contributed by atoms with E-state index in [0.717, 1.165) is 44.1 Å². The Balaban J connectivity index is 2.50. The van der Waals surface area contributed by atoms with Gasteiger partial charge in [0.1, 0.15) is 11.5 Å². The number of rotatable bonds is 11. The Kier molecular flexibility index (Phi) is 8.69. The molecular formula is C25H38N2O2. The largest absolute Gasteiger partial charge is 0.496 e. The zero-order valence-corrected chi connectivity index (χ0v) is 19.3. The molecule has 0 radical (unpaired) electrons. The van der Waals surface area contributed by atoms with Gasteiger partial charge in [-0.25, -0.2) is 0 Å². The normalized spacial score (nSPS) is 10.9. The first kappa shape index (κ1) is 22.9. The van der Waals surface area contributed by atoms with E-state index >= 15 is 0 Å². The van der Waals surface area contributed by atoms with Crippen molar-refractivity contribution in [2.45, 2.75) is 47.0 Å². The predicted octanol–water partition coefficient (Wildman–Crippen LogP) is 5.94. The van der Waals surface area contributed by atoms with Crippen LogP contribution in [0.3, 0.4) is 0 Å². The third-order valence-electron chi connectivity index (χ3n) is 5.85. The van der Waals surface area contributed by atoms with Gasteiger partial charge in [-0.1, -0.05) is 19.1 Å². The summed E-state index contributed by atoms with van der Waals surface area (Å²) in [4.78, 5) is 4.68. The van der Waals surface area contributed by atoms with Crippen LogP contribution in [0.25, 0.3) is 0 Å². The van der Waals surface area contributed by atoms with Crippen LogP contribution >= 0.6 is 0 Å². The van der Waals surface area contributed by atoms with Crippen LogP contribution in [-0.2, 0) is 0 Å². The van der Waals surface area contributed by atoms with Gasteiger partial charge >= 0.3 is 0 Å². The van der Waals surface area contributed by atoms with Crippen LogP contribution < -0.4 is 19.3 Å². The van der Waals surface area contributed by atoms with Gasteiger partial charge in [-0.15, -0.1) is 0 Å². The molecule has 0 aromatic heterocycles. The van der Waals surface area contributed by atoms with Crippen molar-refractivity contribution in [1.82, 2.24) is 0 Å². The first-order valence-corrected chi connectivity index (χ1v) is 10.9. The minimum absolute atomic E-state index is 0.219. The molecular weight excluding hydrogens is 360 g/mol. The zero-order chi connectivity index (χ0) is 21.4. The Labute approximate surface area is 177 Å². The van der Waals surface area contributed by atoms with Gasteiger partial charge in [0.05, 0.1) is 14.2 Å². The van der Waals surface area contributed by atoms with Gasteiger partial charge in [0, 0.05) is 66.7 Å². The molecule has 0 atom stereocenters. The minimum atomic E-state index is 0.219. The molecule has 0 fully saturated rings. The van der Waals surface area contributed by atoms with Gasteiger partial charge in [0.25, 0.3) is 0 Å². The Hall–Kier alpha value is -2.36. The third kappa shape index (κ3) is 4.98. The first-order valence-electron chi connectivity index (χ1n) is 10.9. The van der Waals surface area contributed by atoms with E-state index in [2.05, 4.69) is 80.8 Å². The summed E-state index contributed by atoms with van der Waals surface area (Å²) in [6.45, 7) is 14.9. The molecule has 2 aromatic carbocycles. The van der Waals surface area contributed by atoms with Crippen LogP contribution in [-0.4, -0.2) is 40.4 Å². The lowest BCUT2D eigenvalue weighted by Crippen LogP contribution is -2.22. The van der Waals surface area contributed by atoms with E-state index in [-0.39, 0.29) is 5.92 Å². The van der Waals surface area contributed by atoms with Crippen molar-refractivity contribution in [3.05, 3.63) is 47.5 Å². The molecule has 4 heteroatoms. The first-order chi connectivity index (χ1) is 14.1. The maximum atomic E-state index is 5.82. The fourth-order valence-corrected chi connectivity index (χ4v) is 4.15. The fraction of sp³-hybridized carbons (Fsp3) is 0.520. The van der Waals surface area contributed by atoms with E-state index in [9.17, 15) is 0 Å². The molecule has 0 bridgehead atoms. The Bertz CT molecular complexity index is 704. The molecule has 2 aromatic rings. The number of benzene rings is 2. The summed E-state index contributed by atoms with van der Waals surface area (Å²) in [7, 11) is 3.52. The Morgan fingerprint density at radius 3 is 1.31 bits per heavy atom. The van der Waals surface area contributed by atoms with Crippen LogP contribution in [0.2, 0.25) is 0 Å². The monoisotopic (exact) mass is 398 g/mol. The van der Waals surface area contributed by atoms with Crippen molar-refractivity contribution in [3.63, 3.8) is 0 Å². The summed E-state index contributed by atoms with van der Waals surface area (Å²) in [5.74, 6) is 2.10. The lowest BCUT2D eigenvalue weighted by Gasteiger charge is -2.26. The van der Waals surface area contributed by atoms with Crippen molar-refractivity contribution >= 4 is 11.4 Å². The van der Waals surface area contributed by atoms with Crippen LogP contribution in [0, 0.1) is 0 Å². The Morgan fingerprint density at radius 1 is 0.655 bits per heavy atom. The summed E-state index contributed by atoms with van der Waals surface area (Å²) >= 11 is 0. The van der Waals surface area contributed by atoms with Crippen LogP contribution in [0.1, 0.15) is 58.1 Å². The number of methoxy groups -OCH3 is 2. The van der Waals surface area contributed by atoms with Crippen molar-refractivity contribution in [2.24, 2.45) is 0 Å². The SMILES string of the molecule is CCC(c1ccc(N(CC)CC)cc1OC)c1ccc(N(CC)CC)cc1OC. The average Bonchev–Trinajstić information content (AvgIpc) is 2.77. The minimum Gasteiger partial charge on any atom is -0.496 e. The number of ether oxygens (including phenoxy) is 2.